The van der Waals surface area contributed by atoms with Crippen molar-refractivity contribution in [3.63, 3.8) is 0 Å². The molecule has 3 aromatic rings. The lowest BCUT2D eigenvalue weighted by Gasteiger charge is -2.27. The minimum absolute atomic E-state index is 0.00655. The van der Waals surface area contributed by atoms with E-state index in [0.717, 1.165) is 15.9 Å². The van der Waals surface area contributed by atoms with Gasteiger partial charge in [0.25, 0.3) is 0 Å². The molecule has 2 N–H and O–H groups in total. The smallest absolute Gasteiger partial charge is 0.394 e. The molecule has 4 rings (SSSR count). The Morgan fingerprint density at radius 1 is 1.24 bits per heavy atom. The number of aliphatic hydroxyl groups is 1. The standard InChI is InChI=1S/C22H25F3N6O2/c1-13(12-32)31-19-8-9-30(14(2)33)11-18(19)21(28-31)26-16-6-4-15(5-7-16)17-10-29(3)27-20(17)22(23,24)25/h4-7,10,13,32H,8-9,11-12H2,1-3H3,(H,26,28)/t13-/m0/s1. The van der Waals surface area contributed by atoms with Gasteiger partial charge in [-0.2, -0.15) is 23.4 Å². The molecule has 1 aliphatic rings. The van der Waals surface area contributed by atoms with Gasteiger partial charge in [0.2, 0.25) is 5.91 Å². The summed E-state index contributed by atoms with van der Waals surface area (Å²) in [4.78, 5) is 13.6. The summed E-state index contributed by atoms with van der Waals surface area (Å²) in [6.07, 6.45) is -2.59. The van der Waals surface area contributed by atoms with Crippen LogP contribution in [-0.4, -0.2) is 48.6 Å². The number of carbonyl (C=O) groups excluding carboxylic acids is 1. The van der Waals surface area contributed by atoms with Crippen LogP contribution in [0.3, 0.4) is 0 Å². The van der Waals surface area contributed by atoms with E-state index < -0.39 is 11.9 Å². The number of aryl methyl sites for hydroxylation is 1. The van der Waals surface area contributed by atoms with Crippen molar-refractivity contribution in [2.24, 2.45) is 7.05 Å². The highest BCUT2D eigenvalue weighted by Gasteiger charge is 2.37. The molecule has 1 aliphatic heterocycles. The number of anilines is 2. The molecule has 0 unspecified atom stereocenters. The number of nitrogens with one attached hydrogen (secondary N) is 1. The third-order valence-electron chi connectivity index (χ3n) is 5.77. The summed E-state index contributed by atoms with van der Waals surface area (Å²) < 4.78 is 42.9. The summed E-state index contributed by atoms with van der Waals surface area (Å²) >= 11 is 0. The molecule has 0 fully saturated rings. The number of aliphatic hydroxyl groups excluding tert-OH is 1. The Morgan fingerprint density at radius 3 is 2.55 bits per heavy atom. The van der Waals surface area contributed by atoms with Crippen LogP contribution in [0, 0.1) is 0 Å². The van der Waals surface area contributed by atoms with Crippen molar-refractivity contribution in [1.29, 1.82) is 0 Å². The maximum Gasteiger partial charge on any atom is 0.435 e. The number of amides is 1. The zero-order valence-corrected chi connectivity index (χ0v) is 18.5. The monoisotopic (exact) mass is 462 g/mol. The fraction of sp³-hybridized carbons (Fsp3) is 0.409. The molecule has 0 saturated heterocycles. The number of nitrogens with zero attached hydrogens (tertiary/aromatic N) is 5. The van der Waals surface area contributed by atoms with Gasteiger partial charge in [-0.05, 0) is 24.6 Å². The molecule has 2 aromatic heterocycles. The summed E-state index contributed by atoms with van der Waals surface area (Å²) in [5, 5.41) is 21.0. The normalized spacial score (nSPS) is 14.8. The summed E-state index contributed by atoms with van der Waals surface area (Å²) in [7, 11) is 1.45. The second-order valence-electron chi connectivity index (χ2n) is 8.21. The maximum atomic E-state index is 13.3. The highest BCUT2D eigenvalue weighted by atomic mass is 19.4. The van der Waals surface area contributed by atoms with E-state index in [2.05, 4.69) is 15.5 Å². The molecule has 176 valence electrons. The summed E-state index contributed by atoms with van der Waals surface area (Å²) in [6, 6.07) is 6.31. The van der Waals surface area contributed by atoms with Crippen LogP contribution in [0.4, 0.5) is 24.7 Å². The van der Waals surface area contributed by atoms with E-state index in [4.69, 9.17) is 0 Å². The lowest BCUT2D eigenvalue weighted by molar-refractivity contribution is -0.141. The number of alkyl halides is 3. The third kappa shape index (κ3) is 4.45. The lowest BCUT2D eigenvalue weighted by atomic mass is 10.1. The molecular formula is C22H25F3N6O2. The number of aromatic nitrogens is 4. The zero-order valence-electron chi connectivity index (χ0n) is 18.5. The highest BCUT2D eigenvalue weighted by Crippen LogP contribution is 2.37. The molecular weight excluding hydrogens is 437 g/mol. The van der Waals surface area contributed by atoms with Crippen LogP contribution >= 0.6 is 0 Å². The minimum Gasteiger partial charge on any atom is -0.394 e. The second-order valence-corrected chi connectivity index (χ2v) is 8.21. The average molecular weight is 462 g/mol. The van der Waals surface area contributed by atoms with Gasteiger partial charge in [0.15, 0.2) is 11.5 Å². The van der Waals surface area contributed by atoms with Crippen LogP contribution in [0.15, 0.2) is 30.5 Å². The SMILES string of the molecule is CC(=O)N1CCc2c(c(Nc3ccc(-c4cn(C)nc4C(F)(F)F)cc3)nn2[C@@H](C)CO)C1. The molecule has 1 atom stereocenters. The molecule has 8 nitrogen and oxygen atoms in total. The number of hydrogen-bond donors (Lipinski definition) is 2. The Kier molecular flexibility index (Phi) is 5.91. The van der Waals surface area contributed by atoms with E-state index in [-0.39, 0.29) is 24.1 Å². The number of hydrogen-bond acceptors (Lipinski definition) is 5. The molecule has 1 amide bonds. The first-order chi connectivity index (χ1) is 15.6. The van der Waals surface area contributed by atoms with Gasteiger partial charge in [0.05, 0.1) is 19.2 Å². The van der Waals surface area contributed by atoms with Crippen molar-refractivity contribution in [2.75, 3.05) is 18.5 Å². The number of fused-ring (bicyclic) bond motifs is 1. The first-order valence-corrected chi connectivity index (χ1v) is 10.5. The van der Waals surface area contributed by atoms with Gasteiger partial charge < -0.3 is 15.3 Å². The largest absolute Gasteiger partial charge is 0.435 e. The number of benzene rings is 1. The van der Waals surface area contributed by atoms with Crippen molar-refractivity contribution in [3.8, 4) is 11.1 Å². The molecule has 0 aliphatic carbocycles. The molecule has 3 heterocycles. The molecule has 0 radical (unpaired) electrons. The number of rotatable bonds is 5. The van der Waals surface area contributed by atoms with Crippen LogP contribution in [0.1, 0.15) is 36.8 Å². The van der Waals surface area contributed by atoms with Crippen LogP contribution in [0.25, 0.3) is 11.1 Å². The Balaban J connectivity index is 1.64. The Morgan fingerprint density at radius 2 is 1.94 bits per heavy atom. The highest BCUT2D eigenvalue weighted by molar-refractivity contribution is 5.74. The van der Waals surface area contributed by atoms with Gasteiger partial charge >= 0.3 is 6.18 Å². The summed E-state index contributed by atoms with van der Waals surface area (Å²) in [5.41, 5.74) is 1.93. The molecule has 33 heavy (non-hydrogen) atoms. The van der Waals surface area contributed by atoms with Gasteiger partial charge in [-0.1, -0.05) is 12.1 Å². The van der Waals surface area contributed by atoms with E-state index in [9.17, 15) is 23.1 Å². The Hall–Kier alpha value is -3.34. The first kappa shape index (κ1) is 22.8. The van der Waals surface area contributed by atoms with Gasteiger partial charge in [0, 0.05) is 55.6 Å². The fourth-order valence-corrected chi connectivity index (χ4v) is 4.04. The van der Waals surface area contributed by atoms with E-state index in [1.54, 1.807) is 33.8 Å². The predicted molar refractivity (Wildman–Crippen MR) is 116 cm³/mol. The number of carbonyl (C=O) groups is 1. The molecule has 0 saturated carbocycles. The van der Waals surface area contributed by atoms with Crippen molar-refractivity contribution < 1.29 is 23.1 Å². The van der Waals surface area contributed by atoms with Crippen LogP contribution in [0.2, 0.25) is 0 Å². The average Bonchev–Trinajstić information content (AvgIpc) is 3.34. The van der Waals surface area contributed by atoms with Gasteiger partial charge in [0.1, 0.15) is 0 Å². The van der Waals surface area contributed by atoms with E-state index in [0.29, 0.717) is 36.6 Å². The fourth-order valence-electron chi connectivity index (χ4n) is 4.04. The van der Waals surface area contributed by atoms with E-state index in [1.807, 2.05) is 6.92 Å². The van der Waals surface area contributed by atoms with Gasteiger partial charge in [-0.15, -0.1) is 0 Å². The summed E-state index contributed by atoms with van der Waals surface area (Å²) in [6.45, 7) is 4.27. The zero-order chi connectivity index (χ0) is 23.9. The molecule has 0 bridgehead atoms. The Bertz CT molecular complexity index is 1170. The number of halogens is 3. The van der Waals surface area contributed by atoms with Crippen LogP contribution in [-0.2, 0) is 31.0 Å². The quantitative estimate of drug-likeness (QED) is 0.606. The van der Waals surface area contributed by atoms with Crippen molar-refractivity contribution in [1.82, 2.24) is 24.5 Å². The van der Waals surface area contributed by atoms with E-state index in [1.165, 1.54) is 20.2 Å². The van der Waals surface area contributed by atoms with Gasteiger partial charge in [-0.3, -0.25) is 14.2 Å². The minimum atomic E-state index is -4.55. The lowest BCUT2D eigenvalue weighted by Crippen LogP contribution is -2.35. The summed E-state index contributed by atoms with van der Waals surface area (Å²) in [5.74, 6) is 0.525. The topological polar surface area (TPSA) is 88.2 Å². The van der Waals surface area contributed by atoms with E-state index >= 15 is 0 Å². The van der Waals surface area contributed by atoms with Crippen molar-refractivity contribution in [3.05, 3.63) is 47.4 Å². The molecule has 1 aromatic carbocycles. The maximum absolute atomic E-state index is 13.3. The van der Waals surface area contributed by atoms with Gasteiger partial charge in [-0.25, -0.2) is 0 Å². The predicted octanol–water partition coefficient (Wildman–Crippen LogP) is 3.50. The first-order valence-electron chi connectivity index (χ1n) is 10.5. The Labute approximate surface area is 188 Å². The third-order valence-corrected chi connectivity index (χ3v) is 5.77. The van der Waals surface area contributed by atoms with Crippen LogP contribution < -0.4 is 5.32 Å². The second kappa shape index (κ2) is 8.54. The van der Waals surface area contributed by atoms with Crippen LogP contribution in [0.5, 0.6) is 0 Å². The molecule has 11 heteroatoms. The van der Waals surface area contributed by atoms with Crippen molar-refractivity contribution in [2.45, 2.75) is 39.0 Å². The van der Waals surface area contributed by atoms with Crippen molar-refractivity contribution >= 4 is 17.4 Å². The molecule has 0 spiro atoms.